The largest absolute Gasteiger partial charge is 0.507 e. The third kappa shape index (κ3) is 4.13. The fraction of sp³-hybridized carbons (Fsp3) is 0.481. The number of rotatable bonds is 4. The molecule has 0 saturated carbocycles. The molecule has 3 aliphatic rings. The Hall–Kier alpha value is -2.25. The fourth-order valence-electron chi connectivity index (χ4n) is 5.72. The first-order valence-corrected chi connectivity index (χ1v) is 13.6. The van der Waals surface area contributed by atoms with Crippen LogP contribution in [0.25, 0.3) is 0 Å². The Labute approximate surface area is 228 Å². The van der Waals surface area contributed by atoms with E-state index >= 15 is 0 Å². The maximum absolute atomic E-state index is 13.7. The number of phenolic OH excluding ortho intramolecular Hbond substituents is 2. The van der Waals surface area contributed by atoms with Gasteiger partial charge in [-0.15, -0.1) is 0 Å². The zero-order chi connectivity index (χ0) is 26.8. The van der Waals surface area contributed by atoms with E-state index in [1.54, 1.807) is 12.1 Å². The third-order valence-electron chi connectivity index (χ3n) is 7.82. The molecular weight excluding hydrogens is 593 g/mol. The lowest BCUT2D eigenvalue weighted by molar-refractivity contribution is -0.223. The van der Waals surface area contributed by atoms with E-state index in [9.17, 15) is 24.9 Å². The maximum atomic E-state index is 13.7. The van der Waals surface area contributed by atoms with Crippen molar-refractivity contribution in [2.45, 2.75) is 73.6 Å². The van der Waals surface area contributed by atoms with Gasteiger partial charge in [0.2, 0.25) is 5.78 Å². The molecule has 0 aromatic heterocycles. The number of hydrogen-bond acceptors (Lipinski definition) is 9. The fourth-order valence-corrected chi connectivity index (χ4v) is 6.18. The number of nitrogens with two attached hydrogens (primary N) is 1. The van der Waals surface area contributed by atoms with Crippen molar-refractivity contribution < 1.29 is 39.1 Å². The second-order valence-corrected chi connectivity index (χ2v) is 11.5. The van der Waals surface area contributed by atoms with Gasteiger partial charge in [0.25, 0.3) is 0 Å². The van der Waals surface area contributed by atoms with Gasteiger partial charge in [-0.05, 0) is 19.4 Å². The minimum Gasteiger partial charge on any atom is -0.507 e. The topological polar surface area (TPSA) is 149 Å². The third-order valence-corrected chi connectivity index (χ3v) is 9.75. The number of aliphatic hydroxyl groups is 1. The van der Waals surface area contributed by atoms with Gasteiger partial charge in [-0.2, -0.15) is 0 Å². The summed E-state index contributed by atoms with van der Waals surface area (Å²) in [4.78, 5) is 27.2. The molecule has 9 nitrogen and oxygen atoms in total. The number of carbonyl (C=O) groups excluding carboxylic acids is 2. The molecule has 0 spiro atoms. The molecule has 2 aromatic carbocycles. The summed E-state index contributed by atoms with van der Waals surface area (Å²) < 4.78 is 17.7. The van der Waals surface area contributed by atoms with E-state index in [0.717, 1.165) is 0 Å². The van der Waals surface area contributed by atoms with Crippen molar-refractivity contribution >= 4 is 34.2 Å². The van der Waals surface area contributed by atoms with Crippen molar-refractivity contribution in [2.75, 3.05) is 7.11 Å². The van der Waals surface area contributed by atoms with Crippen LogP contribution in [0.3, 0.4) is 0 Å². The summed E-state index contributed by atoms with van der Waals surface area (Å²) >= 11 is 2.25. The molecule has 0 radical (unpaired) electrons. The van der Waals surface area contributed by atoms with Crippen LogP contribution in [-0.4, -0.2) is 62.0 Å². The van der Waals surface area contributed by atoms with Crippen molar-refractivity contribution in [3.8, 4) is 17.2 Å². The number of phenols is 2. The zero-order valence-corrected chi connectivity index (χ0v) is 22.9. The quantitative estimate of drug-likeness (QED) is 0.195. The van der Waals surface area contributed by atoms with E-state index in [0.29, 0.717) is 12.8 Å². The van der Waals surface area contributed by atoms with Gasteiger partial charge in [-0.3, -0.25) is 9.59 Å². The highest BCUT2D eigenvalue weighted by Gasteiger charge is 2.47. The van der Waals surface area contributed by atoms with Gasteiger partial charge in [0.05, 0.1) is 45.5 Å². The molecule has 37 heavy (non-hydrogen) atoms. The zero-order valence-electron chi connectivity index (χ0n) is 20.8. The van der Waals surface area contributed by atoms with Crippen LogP contribution < -0.4 is 10.5 Å². The van der Waals surface area contributed by atoms with Gasteiger partial charge in [-0.1, -0.05) is 41.6 Å². The van der Waals surface area contributed by atoms with Crippen LogP contribution in [0.15, 0.2) is 18.2 Å². The molecular formula is C27H30INO8. The molecule has 1 aliphatic heterocycles. The lowest BCUT2D eigenvalue weighted by atomic mass is 9.72. The van der Waals surface area contributed by atoms with Gasteiger partial charge in [-0.25, -0.2) is 0 Å². The van der Waals surface area contributed by atoms with E-state index in [4.69, 9.17) is 19.9 Å². The summed E-state index contributed by atoms with van der Waals surface area (Å²) in [6.07, 6.45) is -1.000. The average Bonchev–Trinajstić information content (AvgIpc) is 2.87. The summed E-state index contributed by atoms with van der Waals surface area (Å²) in [6.45, 7) is 3.71. The van der Waals surface area contributed by atoms with Gasteiger partial charge in [0.1, 0.15) is 17.2 Å². The molecule has 10 heteroatoms. The van der Waals surface area contributed by atoms with Crippen LogP contribution in [0.1, 0.15) is 82.2 Å². The van der Waals surface area contributed by atoms with Crippen molar-refractivity contribution in [3.63, 3.8) is 0 Å². The van der Waals surface area contributed by atoms with Crippen molar-refractivity contribution in [2.24, 2.45) is 5.73 Å². The Balaban J connectivity index is 1.66. The number of hydrogen-bond donors (Lipinski definition) is 4. The SMILES string of the molecule is CC[C@]1(O)Cc2c(O)c3c(c(O)c2[C@@H](OC2C[C@H](N)C(I)[C@H](C)O2)C1)C(=O)c1c(OC)cccc1C3=O. The minimum atomic E-state index is -1.27. The summed E-state index contributed by atoms with van der Waals surface area (Å²) in [6, 6.07) is 4.44. The lowest BCUT2D eigenvalue weighted by Crippen LogP contribution is -2.49. The van der Waals surface area contributed by atoms with Crippen molar-refractivity contribution in [3.05, 3.63) is 51.6 Å². The summed E-state index contributed by atoms with van der Waals surface area (Å²) in [7, 11) is 1.39. The van der Waals surface area contributed by atoms with Crippen LogP contribution >= 0.6 is 22.6 Å². The number of alkyl halides is 1. The van der Waals surface area contributed by atoms with Crippen LogP contribution in [0, 0.1) is 0 Å². The Kier molecular flexibility index (Phi) is 6.76. The van der Waals surface area contributed by atoms with Crippen LogP contribution in [-0.2, 0) is 15.9 Å². The molecule has 2 unspecified atom stereocenters. The number of carbonyl (C=O) groups is 2. The first-order valence-electron chi connectivity index (χ1n) is 12.3. The Bertz CT molecular complexity index is 1280. The van der Waals surface area contributed by atoms with Gasteiger partial charge in [0, 0.05) is 42.0 Å². The Morgan fingerprint density at radius 3 is 2.51 bits per heavy atom. The smallest absolute Gasteiger partial charge is 0.202 e. The maximum Gasteiger partial charge on any atom is 0.202 e. The first-order chi connectivity index (χ1) is 17.5. The molecule has 6 atom stereocenters. The normalized spacial score (nSPS) is 30.9. The van der Waals surface area contributed by atoms with Gasteiger partial charge in [0.15, 0.2) is 12.1 Å². The minimum absolute atomic E-state index is 0.0188. The van der Waals surface area contributed by atoms with Gasteiger partial charge >= 0.3 is 0 Å². The number of benzene rings is 2. The number of methoxy groups -OCH3 is 1. The second kappa shape index (κ2) is 9.49. The van der Waals surface area contributed by atoms with Crippen molar-refractivity contribution in [1.82, 2.24) is 0 Å². The van der Waals surface area contributed by atoms with E-state index in [1.165, 1.54) is 13.2 Å². The molecule has 0 amide bonds. The van der Waals surface area contributed by atoms with Crippen molar-refractivity contribution in [1.29, 1.82) is 0 Å². The number of halogens is 1. The Morgan fingerprint density at radius 2 is 1.86 bits per heavy atom. The molecule has 2 aromatic rings. The highest BCUT2D eigenvalue weighted by Crippen LogP contribution is 2.52. The van der Waals surface area contributed by atoms with E-state index in [2.05, 4.69) is 22.6 Å². The molecule has 198 valence electrons. The predicted octanol–water partition coefficient (Wildman–Crippen LogP) is 3.29. The number of ketones is 2. The van der Waals surface area contributed by atoms with E-state index < -0.39 is 41.1 Å². The number of aromatic hydroxyl groups is 2. The summed E-state index contributed by atoms with van der Waals surface area (Å²) in [5.74, 6) is -1.92. The monoisotopic (exact) mass is 623 g/mol. The predicted molar refractivity (Wildman–Crippen MR) is 142 cm³/mol. The summed E-state index contributed by atoms with van der Waals surface area (Å²) in [5.41, 5.74) is 4.91. The van der Waals surface area contributed by atoms with E-state index in [1.807, 2.05) is 13.8 Å². The average molecular weight is 623 g/mol. The molecule has 5 N–H and O–H groups in total. The summed E-state index contributed by atoms with van der Waals surface area (Å²) in [5, 5.41) is 34.2. The number of ether oxygens (including phenoxy) is 3. The first kappa shape index (κ1) is 26.4. The molecule has 1 fully saturated rings. The standard InChI is InChI=1S/C27H30INO8/c1-4-27(34)9-13-19(16(10-27)37-17-8-14(29)22(28)11(2)36-17)26(33)21-20(24(13)31)23(30)12-6-5-7-15(35-3)18(12)25(21)32/h5-7,11,14,16-17,22,31,33-34H,4,8-10,29H2,1-3H3/t11-,14-,16-,17?,22?,27-/m0/s1. The lowest BCUT2D eigenvalue weighted by Gasteiger charge is -2.42. The second-order valence-electron chi connectivity index (χ2n) is 10.1. The Morgan fingerprint density at radius 1 is 1.16 bits per heavy atom. The molecule has 5 rings (SSSR count). The molecule has 1 saturated heterocycles. The van der Waals surface area contributed by atoms with Crippen LogP contribution in [0.4, 0.5) is 0 Å². The molecule has 0 bridgehead atoms. The highest BCUT2D eigenvalue weighted by atomic mass is 127. The van der Waals surface area contributed by atoms with Crippen LogP contribution in [0.2, 0.25) is 0 Å². The van der Waals surface area contributed by atoms with Gasteiger partial charge < -0.3 is 35.3 Å². The highest BCUT2D eigenvalue weighted by molar-refractivity contribution is 14.1. The number of fused-ring (bicyclic) bond motifs is 3. The van der Waals surface area contributed by atoms with E-state index in [-0.39, 0.29) is 68.0 Å². The van der Waals surface area contributed by atoms with Crippen LogP contribution in [0.5, 0.6) is 17.2 Å². The molecule has 2 aliphatic carbocycles. The molecule has 1 heterocycles.